The number of hydrogen-bond donors (Lipinski definition) is 2. The molecule has 0 bridgehead atoms. The van der Waals surface area contributed by atoms with Gasteiger partial charge < -0.3 is 11.1 Å². The normalized spacial score (nSPS) is 18.3. The van der Waals surface area contributed by atoms with Crippen LogP contribution in [0.25, 0.3) is 0 Å². The summed E-state index contributed by atoms with van der Waals surface area (Å²) in [5, 5.41) is 8.35. The average Bonchev–Trinajstić information content (AvgIpc) is 3.15. The lowest BCUT2D eigenvalue weighted by Gasteiger charge is -2.32. The van der Waals surface area contributed by atoms with Gasteiger partial charge in [-0.1, -0.05) is 18.5 Å². The zero-order valence-corrected chi connectivity index (χ0v) is 12.4. The van der Waals surface area contributed by atoms with Crippen molar-refractivity contribution in [1.29, 1.82) is 0 Å². The minimum atomic E-state index is -0.707. The van der Waals surface area contributed by atoms with Crippen LogP contribution in [0.1, 0.15) is 31.2 Å². The van der Waals surface area contributed by atoms with Gasteiger partial charge in [0.25, 0.3) is 0 Å². The van der Waals surface area contributed by atoms with Gasteiger partial charge >= 0.3 is 0 Å². The molecule has 106 valence electrons. The van der Waals surface area contributed by atoms with Crippen LogP contribution in [0.3, 0.4) is 0 Å². The summed E-state index contributed by atoms with van der Waals surface area (Å²) in [4.78, 5) is 12.0. The summed E-state index contributed by atoms with van der Waals surface area (Å²) in [6.07, 6.45) is 2.06. The molecule has 1 atom stereocenters. The number of carbonyl (C=O) groups is 1. The van der Waals surface area contributed by atoms with Gasteiger partial charge in [0.05, 0.1) is 23.0 Å². The van der Waals surface area contributed by atoms with Crippen LogP contribution in [0.2, 0.25) is 5.02 Å². The molecule has 19 heavy (non-hydrogen) atoms. The third-order valence-corrected chi connectivity index (χ3v) is 4.45. The number of halogens is 1. The number of hydrogen-bond acceptors (Lipinski definition) is 3. The molecule has 1 fully saturated rings. The van der Waals surface area contributed by atoms with Crippen LogP contribution in [-0.2, 0) is 11.3 Å². The van der Waals surface area contributed by atoms with Gasteiger partial charge in [-0.25, -0.2) is 0 Å². The van der Waals surface area contributed by atoms with E-state index in [1.54, 1.807) is 4.68 Å². The van der Waals surface area contributed by atoms with Crippen LogP contribution in [0.15, 0.2) is 0 Å². The number of carbonyl (C=O) groups excluding carboxylic acids is 1. The number of nitrogens with two attached hydrogens (primary N) is 1. The van der Waals surface area contributed by atoms with Gasteiger partial charge in [0.1, 0.15) is 5.54 Å². The highest BCUT2D eigenvalue weighted by Crippen LogP contribution is 2.41. The van der Waals surface area contributed by atoms with Crippen molar-refractivity contribution in [2.24, 2.45) is 11.7 Å². The molecule has 1 amide bonds. The van der Waals surface area contributed by atoms with Crippen molar-refractivity contribution in [3.8, 4) is 0 Å². The molecule has 0 spiro atoms. The maximum Gasteiger partial charge on any atom is 0.239 e. The van der Waals surface area contributed by atoms with Gasteiger partial charge in [0.2, 0.25) is 5.91 Å². The van der Waals surface area contributed by atoms with Crippen molar-refractivity contribution in [3.05, 3.63) is 16.4 Å². The second-order valence-corrected chi connectivity index (χ2v) is 5.66. The van der Waals surface area contributed by atoms with Crippen LogP contribution in [0.4, 0.5) is 0 Å². The molecule has 0 aliphatic heterocycles. The Morgan fingerprint density at radius 2 is 2.21 bits per heavy atom. The molecule has 1 unspecified atom stereocenters. The van der Waals surface area contributed by atoms with Gasteiger partial charge in [0, 0.05) is 0 Å². The number of rotatable bonds is 6. The maximum absolute atomic E-state index is 12.0. The zero-order chi connectivity index (χ0) is 14.2. The molecule has 1 aromatic rings. The van der Waals surface area contributed by atoms with Crippen molar-refractivity contribution < 1.29 is 4.79 Å². The van der Waals surface area contributed by atoms with E-state index in [1.165, 1.54) is 0 Å². The molecule has 2 rings (SSSR count). The molecule has 1 aromatic heterocycles. The lowest BCUT2D eigenvalue weighted by Crippen LogP contribution is -2.60. The first-order valence-corrected chi connectivity index (χ1v) is 7.04. The van der Waals surface area contributed by atoms with Gasteiger partial charge in [-0.3, -0.25) is 9.48 Å². The molecular formula is C13H21ClN4O. The van der Waals surface area contributed by atoms with Crippen LogP contribution >= 0.6 is 11.6 Å². The molecule has 1 heterocycles. The summed E-state index contributed by atoms with van der Waals surface area (Å²) in [6.45, 7) is 6.90. The Hall–Kier alpha value is -1.07. The Bertz CT molecular complexity index is 495. The number of primary amides is 1. The molecule has 0 radical (unpaired) electrons. The molecule has 1 saturated carbocycles. The van der Waals surface area contributed by atoms with E-state index >= 15 is 0 Å². The SMILES string of the molecule is CCNC(Cn1nc(C)c(Cl)c1C)(C(N)=O)C1CC1. The first-order valence-electron chi connectivity index (χ1n) is 6.66. The highest BCUT2D eigenvalue weighted by atomic mass is 35.5. The van der Waals surface area contributed by atoms with Gasteiger partial charge in [0.15, 0.2) is 0 Å². The molecule has 0 aromatic carbocycles. The fourth-order valence-electron chi connectivity index (χ4n) is 2.65. The van der Waals surface area contributed by atoms with Gasteiger partial charge in [-0.15, -0.1) is 0 Å². The molecular weight excluding hydrogens is 264 g/mol. The van der Waals surface area contributed by atoms with E-state index in [0.29, 0.717) is 24.0 Å². The van der Waals surface area contributed by atoms with Crippen molar-refractivity contribution >= 4 is 17.5 Å². The lowest BCUT2D eigenvalue weighted by molar-refractivity contribution is -0.126. The predicted octanol–water partition coefficient (Wildman–Crippen LogP) is 1.40. The van der Waals surface area contributed by atoms with E-state index in [4.69, 9.17) is 17.3 Å². The Labute approximate surface area is 118 Å². The van der Waals surface area contributed by atoms with Crippen molar-refractivity contribution in [3.63, 3.8) is 0 Å². The molecule has 5 nitrogen and oxygen atoms in total. The maximum atomic E-state index is 12.0. The summed E-state index contributed by atoms with van der Waals surface area (Å²) in [5.74, 6) is -0.00634. The highest BCUT2D eigenvalue weighted by Gasteiger charge is 2.50. The summed E-state index contributed by atoms with van der Waals surface area (Å²) in [5.41, 5.74) is 6.62. The Morgan fingerprint density at radius 1 is 1.58 bits per heavy atom. The molecule has 6 heteroatoms. The molecule has 3 N–H and O–H groups in total. The third kappa shape index (κ3) is 2.49. The average molecular weight is 285 g/mol. The first-order chi connectivity index (χ1) is 8.92. The van der Waals surface area contributed by atoms with Crippen LogP contribution in [0.5, 0.6) is 0 Å². The van der Waals surface area contributed by atoms with E-state index in [2.05, 4.69) is 10.4 Å². The minimum absolute atomic E-state index is 0.299. The topological polar surface area (TPSA) is 72.9 Å². The van der Waals surface area contributed by atoms with E-state index in [0.717, 1.165) is 24.2 Å². The standard InChI is InChI=1S/C13H21ClN4O/c1-4-16-13(12(15)19,10-5-6-10)7-18-9(3)11(14)8(2)17-18/h10,16H,4-7H2,1-3H3,(H2,15,19). The number of aromatic nitrogens is 2. The fourth-order valence-corrected chi connectivity index (χ4v) is 2.79. The molecule has 1 aliphatic rings. The quantitative estimate of drug-likeness (QED) is 0.829. The van der Waals surface area contributed by atoms with Crippen LogP contribution < -0.4 is 11.1 Å². The van der Waals surface area contributed by atoms with Crippen LogP contribution in [0, 0.1) is 19.8 Å². The van der Waals surface area contributed by atoms with E-state index in [9.17, 15) is 4.79 Å². The highest BCUT2D eigenvalue weighted by molar-refractivity contribution is 6.31. The van der Waals surface area contributed by atoms with E-state index in [1.807, 2.05) is 20.8 Å². The first kappa shape index (κ1) is 14.3. The summed E-state index contributed by atoms with van der Waals surface area (Å²) < 4.78 is 1.80. The second kappa shape index (κ2) is 5.13. The Kier molecular flexibility index (Phi) is 3.87. The second-order valence-electron chi connectivity index (χ2n) is 5.28. The molecule has 0 saturated heterocycles. The Morgan fingerprint density at radius 3 is 2.58 bits per heavy atom. The van der Waals surface area contributed by atoms with Crippen molar-refractivity contribution in [1.82, 2.24) is 15.1 Å². The number of amides is 1. The minimum Gasteiger partial charge on any atom is -0.368 e. The van der Waals surface area contributed by atoms with Crippen molar-refractivity contribution in [2.45, 2.75) is 45.7 Å². The predicted molar refractivity (Wildman–Crippen MR) is 75.0 cm³/mol. The fraction of sp³-hybridized carbons (Fsp3) is 0.692. The van der Waals surface area contributed by atoms with Crippen LogP contribution in [-0.4, -0.2) is 27.8 Å². The third-order valence-electron chi connectivity index (χ3n) is 3.90. The van der Waals surface area contributed by atoms with Gasteiger partial charge in [-0.05, 0) is 39.2 Å². The molecule has 1 aliphatic carbocycles. The largest absolute Gasteiger partial charge is 0.368 e. The van der Waals surface area contributed by atoms with E-state index < -0.39 is 5.54 Å². The summed E-state index contributed by atoms with van der Waals surface area (Å²) in [7, 11) is 0. The van der Waals surface area contributed by atoms with Crippen molar-refractivity contribution in [2.75, 3.05) is 6.54 Å². The van der Waals surface area contributed by atoms with E-state index in [-0.39, 0.29) is 5.91 Å². The number of aryl methyl sites for hydroxylation is 1. The lowest BCUT2D eigenvalue weighted by atomic mass is 9.92. The number of nitrogens with zero attached hydrogens (tertiary/aromatic N) is 2. The number of likely N-dealkylation sites (N-methyl/N-ethyl adjacent to an activating group) is 1. The summed E-state index contributed by atoms with van der Waals surface area (Å²) in [6, 6.07) is 0. The smallest absolute Gasteiger partial charge is 0.239 e. The summed E-state index contributed by atoms with van der Waals surface area (Å²) >= 11 is 6.16. The van der Waals surface area contributed by atoms with Gasteiger partial charge in [-0.2, -0.15) is 5.10 Å². The zero-order valence-electron chi connectivity index (χ0n) is 11.7. The Balaban J connectivity index is 2.34. The monoisotopic (exact) mass is 284 g/mol. The number of nitrogens with one attached hydrogen (secondary N) is 1.